The summed E-state index contributed by atoms with van der Waals surface area (Å²) in [5.41, 5.74) is 21.6. The number of hydrogen-bond donors (Lipinski definition) is 0. The van der Waals surface area contributed by atoms with Crippen molar-refractivity contribution in [1.29, 1.82) is 0 Å². The lowest BCUT2D eigenvalue weighted by atomic mass is 9.64. The van der Waals surface area contributed by atoms with Crippen LogP contribution >= 0.6 is 0 Å². The topological polar surface area (TPSA) is 25.8 Å². The molecular formula is C67H42N2. The number of benzene rings is 11. The van der Waals surface area contributed by atoms with Gasteiger partial charge in [0, 0.05) is 16.7 Å². The highest BCUT2D eigenvalue weighted by Crippen LogP contribution is 2.61. The quantitative estimate of drug-likeness (QED) is 0.165. The summed E-state index contributed by atoms with van der Waals surface area (Å²) in [6.45, 7) is 0. The minimum absolute atomic E-state index is 0.606. The predicted octanol–water partition coefficient (Wildman–Crippen LogP) is 17.1. The molecule has 0 bridgehead atoms. The van der Waals surface area contributed by atoms with Crippen molar-refractivity contribution >= 4 is 21.5 Å². The van der Waals surface area contributed by atoms with Gasteiger partial charge in [0.15, 0.2) is 5.82 Å². The van der Waals surface area contributed by atoms with Gasteiger partial charge in [-0.05, 0) is 124 Å². The standard InChI is InChI=1S/C67H42N2/c1-2-18-44(19-3-1)64-42-65(69-66(68-64)49-35-37-51-47(40-49)34-33-43-17-4-5-22-50(43)51)48-21-16-20-45(39-48)46-36-38-63-59(41-46)58-29-12-15-32-62(58)67(63)60-30-13-10-27-56(60)54-25-8-6-23-52(54)53-24-7-9-26-55(53)57-28-11-14-31-61(57)67/h1-42H. The van der Waals surface area contributed by atoms with E-state index in [1.807, 2.05) is 0 Å². The van der Waals surface area contributed by atoms with E-state index in [1.54, 1.807) is 0 Å². The highest BCUT2D eigenvalue weighted by molar-refractivity contribution is 6.08. The average molecular weight is 875 g/mol. The van der Waals surface area contributed by atoms with Crippen LogP contribution in [0.1, 0.15) is 22.3 Å². The summed E-state index contributed by atoms with van der Waals surface area (Å²) in [4.78, 5) is 10.6. The fraction of sp³-hybridized carbons (Fsp3) is 0.0149. The Kier molecular flexibility index (Phi) is 8.84. The first kappa shape index (κ1) is 39.2. The lowest BCUT2D eigenvalue weighted by Gasteiger charge is -2.37. The lowest BCUT2D eigenvalue weighted by molar-refractivity contribution is 0.773. The molecule has 2 aliphatic rings. The van der Waals surface area contributed by atoms with Gasteiger partial charge < -0.3 is 0 Å². The molecule has 2 aliphatic carbocycles. The molecule has 1 heterocycles. The molecule has 14 rings (SSSR count). The van der Waals surface area contributed by atoms with Crippen molar-refractivity contribution in [2.45, 2.75) is 5.41 Å². The van der Waals surface area contributed by atoms with Gasteiger partial charge in [-0.1, -0.05) is 231 Å². The second-order valence-corrected chi connectivity index (χ2v) is 18.4. The zero-order chi connectivity index (χ0) is 45.5. The summed E-state index contributed by atoms with van der Waals surface area (Å²) in [5.74, 6) is 0.701. The van der Waals surface area contributed by atoms with Crippen LogP contribution in [-0.4, -0.2) is 9.97 Å². The number of fused-ring (bicyclic) bond motifs is 17. The molecule has 1 aromatic heterocycles. The normalized spacial score (nSPS) is 12.8. The molecule has 2 heteroatoms. The average Bonchev–Trinajstić information content (AvgIpc) is 3.74. The van der Waals surface area contributed by atoms with E-state index in [0.717, 1.165) is 39.2 Å². The minimum atomic E-state index is -0.606. The molecule has 0 atom stereocenters. The Balaban J connectivity index is 0.950. The first-order valence-corrected chi connectivity index (χ1v) is 23.8. The molecule has 0 aliphatic heterocycles. The van der Waals surface area contributed by atoms with E-state index in [-0.39, 0.29) is 0 Å². The molecule has 2 nitrogen and oxygen atoms in total. The first-order chi connectivity index (χ1) is 34.2. The van der Waals surface area contributed by atoms with Gasteiger partial charge in [-0.2, -0.15) is 0 Å². The Morgan fingerprint density at radius 3 is 1.35 bits per heavy atom. The largest absolute Gasteiger partial charge is 0.228 e. The van der Waals surface area contributed by atoms with Gasteiger partial charge in [0.25, 0.3) is 0 Å². The molecule has 12 aromatic rings. The molecule has 0 saturated heterocycles. The first-order valence-electron chi connectivity index (χ1n) is 23.8. The summed E-state index contributed by atoms with van der Waals surface area (Å²) >= 11 is 0. The molecule has 1 spiro atoms. The lowest BCUT2D eigenvalue weighted by Crippen LogP contribution is -2.30. The summed E-state index contributed by atoms with van der Waals surface area (Å²) < 4.78 is 0. The van der Waals surface area contributed by atoms with Crippen molar-refractivity contribution in [1.82, 2.24) is 9.97 Å². The third kappa shape index (κ3) is 6.06. The monoisotopic (exact) mass is 874 g/mol. The van der Waals surface area contributed by atoms with Crippen LogP contribution in [0.25, 0.3) is 111 Å². The summed E-state index contributed by atoms with van der Waals surface area (Å²) in [5, 5.41) is 4.87. The van der Waals surface area contributed by atoms with Crippen molar-refractivity contribution in [2.75, 3.05) is 0 Å². The molecular weight excluding hydrogens is 833 g/mol. The zero-order valence-corrected chi connectivity index (χ0v) is 37.6. The Morgan fingerprint density at radius 1 is 0.232 bits per heavy atom. The van der Waals surface area contributed by atoms with Gasteiger partial charge in [0.1, 0.15) is 0 Å². The maximum atomic E-state index is 5.34. The maximum Gasteiger partial charge on any atom is 0.160 e. The number of aromatic nitrogens is 2. The van der Waals surface area contributed by atoms with Crippen molar-refractivity contribution < 1.29 is 0 Å². The molecule has 0 unspecified atom stereocenters. The minimum Gasteiger partial charge on any atom is -0.228 e. The van der Waals surface area contributed by atoms with E-state index in [1.165, 1.54) is 88.3 Å². The smallest absolute Gasteiger partial charge is 0.160 e. The number of rotatable bonds is 4. The van der Waals surface area contributed by atoms with Crippen LogP contribution in [0.2, 0.25) is 0 Å². The highest BCUT2D eigenvalue weighted by atomic mass is 14.9. The fourth-order valence-electron chi connectivity index (χ4n) is 11.7. The van der Waals surface area contributed by atoms with E-state index in [2.05, 4.69) is 255 Å². The fourth-order valence-corrected chi connectivity index (χ4v) is 11.7. The van der Waals surface area contributed by atoms with Crippen LogP contribution in [0.3, 0.4) is 0 Å². The van der Waals surface area contributed by atoms with Crippen LogP contribution in [-0.2, 0) is 5.41 Å². The predicted molar refractivity (Wildman–Crippen MR) is 286 cm³/mol. The van der Waals surface area contributed by atoms with Crippen LogP contribution in [0, 0.1) is 0 Å². The summed E-state index contributed by atoms with van der Waals surface area (Å²) in [7, 11) is 0. The molecule has 0 amide bonds. The highest BCUT2D eigenvalue weighted by Gasteiger charge is 2.49. The van der Waals surface area contributed by atoms with Crippen LogP contribution in [0.15, 0.2) is 255 Å². The van der Waals surface area contributed by atoms with E-state index >= 15 is 0 Å². The van der Waals surface area contributed by atoms with Gasteiger partial charge in [0.05, 0.1) is 16.8 Å². The van der Waals surface area contributed by atoms with Crippen molar-refractivity contribution in [3.05, 3.63) is 277 Å². The third-order valence-electron chi connectivity index (χ3n) is 14.7. The maximum absolute atomic E-state index is 5.34. The number of nitrogens with zero attached hydrogens (tertiary/aromatic N) is 2. The Hall–Kier alpha value is -8.98. The van der Waals surface area contributed by atoms with Gasteiger partial charge in [-0.3, -0.25) is 0 Å². The van der Waals surface area contributed by atoms with E-state index in [0.29, 0.717) is 5.82 Å². The molecule has 69 heavy (non-hydrogen) atoms. The van der Waals surface area contributed by atoms with Gasteiger partial charge in [-0.15, -0.1) is 0 Å². The second kappa shape index (κ2) is 15.6. The molecule has 0 N–H and O–H groups in total. The number of hydrogen-bond acceptors (Lipinski definition) is 2. The Bertz CT molecular complexity index is 3940. The van der Waals surface area contributed by atoms with Crippen molar-refractivity contribution in [2.24, 2.45) is 0 Å². The van der Waals surface area contributed by atoms with Crippen molar-refractivity contribution in [3.63, 3.8) is 0 Å². The van der Waals surface area contributed by atoms with E-state index in [9.17, 15) is 0 Å². The SMILES string of the molecule is c1ccc(-c2cc(-c3cccc(-c4ccc5c(c4)-c4ccccc4C54c5ccccc5-c5ccccc5-c5ccccc5-c5ccccc54)c3)nc(-c3ccc4c(ccc5ccccc54)c3)n2)cc1. The van der Waals surface area contributed by atoms with Gasteiger partial charge in [0.2, 0.25) is 0 Å². The van der Waals surface area contributed by atoms with Crippen molar-refractivity contribution in [3.8, 4) is 89.5 Å². The summed E-state index contributed by atoms with van der Waals surface area (Å²) in [6, 6.07) is 93.5. The van der Waals surface area contributed by atoms with Gasteiger partial charge in [-0.25, -0.2) is 9.97 Å². The Labute approximate surface area is 401 Å². The zero-order valence-electron chi connectivity index (χ0n) is 37.6. The molecule has 0 saturated carbocycles. The van der Waals surface area contributed by atoms with Crippen LogP contribution in [0.4, 0.5) is 0 Å². The van der Waals surface area contributed by atoms with Gasteiger partial charge >= 0.3 is 0 Å². The molecule has 11 aromatic carbocycles. The summed E-state index contributed by atoms with van der Waals surface area (Å²) in [6.07, 6.45) is 0. The Morgan fingerprint density at radius 2 is 0.681 bits per heavy atom. The molecule has 0 fully saturated rings. The molecule has 320 valence electrons. The molecule has 0 radical (unpaired) electrons. The third-order valence-corrected chi connectivity index (χ3v) is 14.7. The van der Waals surface area contributed by atoms with E-state index in [4.69, 9.17) is 9.97 Å². The second-order valence-electron chi connectivity index (χ2n) is 18.4. The van der Waals surface area contributed by atoms with Crippen LogP contribution < -0.4 is 0 Å². The van der Waals surface area contributed by atoms with Crippen LogP contribution in [0.5, 0.6) is 0 Å². The van der Waals surface area contributed by atoms with E-state index < -0.39 is 5.41 Å².